The van der Waals surface area contributed by atoms with Gasteiger partial charge in [0.05, 0.1) is 35.4 Å². The number of hydrogen-bond donors (Lipinski definition) is 2. The number of anilines is 1. The summed E-state index contributed by atoms with van der Waals surface area (Å²) in [5.74, 6) is 0.245. The van der Waals surface area contributed by atoms with Crippen molar-refractivity contribution in [3.63, 3.8) is 0 Å². The van der Waals surface area contributed by atoms with E-state index < -0.39 is 6.04 Å². The number of rotatable bonds is 7. The van der Waals surface area contributed by atoms with E-state index in [0.29, 0.717) is 17.1 Å². The lowest BCUT2D eigenvalue weighted by atomic mass is 10.0. The van der Waals surface area contributed by atoms with Gasteiger partial charge in [0.2, 0.25) is 5.91 Å². The molecule has 0 bridgehead atoms. The molecular weight excluding hydrogens is 438 g/mol. The summed E-state index contributed by atoms with van der Waals surface area (Å²) in [6.07, 6.45) is 3.42. The number of hydrogen-bond acceptors (Lipinski definition) is 4. The van der Waals surface area contributed by atoms with Gasteiger partial charge in [0.1, 0.15) is 12.1 Å². The van der Waals surface area contributed by atoms with Crippen molar-refractivity contribution in [2.24, 2.45) is 0 Å². The molecule has 2 heterocycles. The quantitative estimate of drug-likeness (QED) is 0.360. The number of aromatic nitrogens is 3. The van der Waals surface area contributed by atoms with Crippen molar-refractivity contribution in [2.45, 2.75) is 12.5 Å². The molecule has 5 aromatic rings. The van der Waals surface area contributed by atoms with Gasteiger partial charge in [-0.05, 0) is 42.0 Å². The third kappa shape index (κ3) is 5.09. The molecule has 7 heteroatoms. The van der Waals surface area contributed by atoms with Crippen molar-refractivity contribution in [2.75, 3.05) is 5.32 Å². The summed E-state index contributed by atoms with van der Waals surface area (Å²) in [5, 5.41) is 5.87. The number of amides is 2. The van der Waals surface area contributed by atoms with Gasteiger partial charge in [-0.25, -0.2) is 9.97 Å². The number of carbonyl (C=O) groups excluding carboxylic acids is 2. The fraction of sp³-hybridized carbons (Fsp3) is 0.0714. The van der Waals surface area contributed by atoms with Crippen LogP contribution in [0.4, 0.5) is 5.69 Å². The maximum absolute atomic E-state index is 12.9. The first-order valence-corrected chi connectivity index (χ1v) is 11.3. The summed E-state index contributed by atoms with van der Waals surface area (Å²) in [6.45, 7) is 0. The molecule has 2 aromatic heterocycles. The fourth-order valence-electron chi connectivity index (χ4n) is 3.91. The van der Waals surface area contributed by atoms with Crippen LogP contribution in [0.2, 0.25) is 0 Å². The average molecular weight is 462 g/mol. The fourth-order valence-corrected chi connectivity index (χ4v) is 3.91. The first kappa shape index (κ1) is 22.0. The van der Waals surface area contributed by atoms with Crippen LogP contribution >= 0.6 is 0 Å². The van der Waals surface area contributed by atoms with Gasteiger partial charge in [-0.1, -0.05) is 60.7 Å². The molecule has 172 valence electrons. The molecule has 1 unspecified atom stereocenters. The van der Waals surface area contributed by atoms with E-state index in [9.17, 15) is 9.59 Å². The minimum atomic E-state index is -0.478. The topological polar surface area (TPSA) is 88.9 Å². The van der Waals surface area contributed by atoms with Crippen LogP contribution in [0.3, 0.4) is 0 Å². The van der Waals surface area contributed by atoms with E-state index >= 15 is 0 Å². The van der Waals surface area contributed by atoms with E-state index in [2.05, 4.69) is 20.6 Å². The van der Waals surface area contributed by atoms with Crippen LogP contribution in [0.15, 0.2) is 110 Å². The Kier molecular flexibility index (Phi) is 6.30. The molecule has 1 atom stereocenters. The zero-order valence-electron chi connectivity index (χ0n) is 18.8. The Morgan fingerprint density at radius 3 is 2.26 bits per heavy atom. The number of fused-ring (bicyclic) bond motifs is 1. The van der Waals surface area contributed by atoms with E-state index in [0.717, 1.165) is 16.6 Å². The number of benzene rings is 3. The average Bonchev–Trinajstić information content (AvgIpc) is 3.34. The van der Waals surface area contributed by atoms with E-state index in [1.165, 1.54) is 0 Å². The van der Waals surface area contributed by atoms with E-state index in [1.807, 2.05) is 83.4 Å². The number of pyridine rings is 1. The normalized spacial score (nSPS) is 11.7. The van der Waals surface area contributed by atoms with E-state index in [-0.39, 0.29) is 18.2 Å². The Morgan fingerprint density at radius 1 is 0.800 bits per heavy atom. The van der Waals surface area contributed by atoms with Crippen molar-refractivity contribution in [3.8, 4) is 5.82 Å². The molecule has 5 rings (SSSR count). The van der Waals surface area contributed by atoms with Crippen LogP contribution in [0.5, 0.6) is 0 Å². The first-order chi connectivity index (χ1) is 17.2. The monoisotopic (exact) mass is 461 g/mol. The summed E-state index contributed by atoms with van der Waals surface area (Å²) in [4.78, 5) is 34.5. The number of carbonyl (C=O) groups is 2. The second kappa shape index (κ2) is 10.0. The standard InChI is InChI=1S/C28H23N5O2/c34-27(17-24(20-9-3-1-4-10-20)32-28(35)21-11-5-2-6-12-21)31-22-15-16-26(29-18-22)33-19-30-23-13-7-8-14-25(23)33/h1-16,18-19,24H,17H2,(H,31,34)(H,32,35). The number of para-hydroxylation sites is 2. The number of imidazole rings is 1. The molecule has 0 fully saturated rings. The molecule has 0 radical (unpaired) electrons. The largest absolute Gasteiger partial charge is 0.345 e. The van der Waals surface area contributed by atoms with Gasteiger partial charge in [0.15, 0.2) is 0 Å². The predicted molar refractivity (Wildman–Crippen MR) is 135 cm³/mol. The summed E-state index contributed by atoms with van der Waals surface area (Å²) < 4.78 is 1.89. The molecule has 0 saturated heterocycles. The van der Waals surface area contributed by atoms with Gasteiger partial charge in [-0.15, -0.1) is 0 Å². The first-order valence-electron chi connectivity index (χ1n) is 11.3. The third-order valence-electron chi connectivity index (χ3n) is 5.66. The van der Waals surface area contributed by atoms with Crippen molar-refractivity contribution in [1.82, 2.24) is 19.9 Å². The maximum Gasteiger partial charge on any atom is 0.251 e. The van der Waals surface area contributed by atoms with Gasteiger partial charge in [-0.2, -0.15) is 0 Å². The van der Waals surface area contributed by atoms with E-state index in [1.54, 1.807) is 30.7 Å². The van der Waals surface area contributed by atoms with Crippen molar-refractivity contribution >= 4 is 28.5 Å². The van der Waals surface area contributed by atoms with Crippen LogP contribution < -0.4 is 10.6 Å². The van der Waals surface area contributed by atoms with Crippen molar-refractivity contribution in [3.05, 3.63) is 121 Å². The highest BCUT2D eigenvalue weighted by Crippen LogP contribution is 2.20. The smallest absolute Gasteiger partial charge is 0.251 e. The van der Waals surface area contributed by atoms with Crippen molar-refractivity contribution in [1.29, 1.82) is 0 Å². The second-order valence-corrected chi connectivity index (χ2v) is 8.06. The Hall–Kier alpha value is -4.78. The summed E-state index contributed by atoms with van der Waals surface area (Å²) in [7, 11) is 0. The Labute approximate surface area is 202 Å². The summed E-state index contributed by atoms with van der Waals surface area (Å²) in [6, 6.07) is 29.4. The maximum atomic E-state index is 12.9. The van der Waals surface area contributed by atoms with Gasteiger partial charge in [0.25, 0.3) is 5.91 Å². The van der Waals surface area contributed by atoms with Crippen molar-refractivity contribution < 1.29 is 9.59 Å². The molecule has 35 heavy (non-hydrogen) atoms. The SMILES string of the molecule is O=C(CC(NC(=O)c1ccccc1)c1ccccc1)Nc1ccc(-n2cnc3ccccc32)nc1. The molecular formula is C28H23N5O2. The highest BCUT2D eigenvalue weighted by molar-refractivity contribution is 5.95. The molecule has 0 aliphatic heterocycles. The lowest BCUT2D eigenvalue weighted by Gasteiger charge is -2.19. The summed E-state index contributed by atoms with van der Waals surface area (Å²) >= 11 is 0. The third-order valence-corrected chi connectivity index (χ3v) is 5.66. The number of nitrogens with one attached hydrogen (secondary N) is 2. The molecule has 0 aliphatic carbocycles. The van der Waals surface area contributed by atoms with E-state index in [4.69, 9.17) is 0 Å². The Bertz CT molecular complexity index is 1450. The zero-order chi connectivity index (χ0) is 24.0. The molecule has 0 spiro atoms. The second-order valence-electron chi connectivity index (χ2n) is 8.06. The van der Waals surface area contributed by atoms with Gasteiger partial charge in [-0.3, -0.25) is 14.2 Å². The minimum Gasteiger partial charge on any atom is -0.345 e. The molecule has 2 amide bonds. The molecule has 2 N–H and O–H groups in total. The minimum absolute atomic E-state index is 0.0799. The zero-order valence-corrected chi connectivity index (χ0v) is 18.8. The molecule has 0 saturated carbocycles. The Morgan fingerprint density at radius 2 is 1.51 bits per heavy atom. The lowest BCUT2D eigenvalue weighted by molar-refractivity contribution is -0.116. The van der Waals surface area contributed by atoms with Gasteiger partial charge >= 0.3 is 0 Å². The molecule has 3 aromatic carbocycles. The van der Waals surface area contributed by atoms with Crippen LogP contribution in [0, 0.1) is 0 Å². The molecule has 0 aliphatic rings. The molecule has 7 nitrogen and oxygen atoms in total. The Balaban J connectivity index is 1.29. The highest BCUT2D eigenvalue weighted by Gasteiger charge is 2.19. The van der Waals surface area contributed by atoms with Crippen LogP contribution in [-0.2, 0) is 4.79 Å². The highest BCUT2D eigenvalue weighted by atomic mass is 16.2. The summed E-state index contributed by atoms with van der Waals surface area (Å²) in [5.41, 5.74) is 3.81. The lowest BCUT2D eigenvalue weighted by Crippen LogP contribution is -2.31. The van der Waals surface area contributed by atoms with Gasteiger partial charge in [0, 0.05) is 5.56 Å². The number of nitrogens with zero attached hydrogens (tertiary/aromatic N) is 3. The van der Waals surface area contributed by atoms with Crippen LogP contribution in [-0.4, -0.2) is 26.3 Å². The predicted octanol–water partition coefficient (Wildman–Crippen LogP) is 4.92. The van der Waals surface area contributed by atoms with Gasteiger partial charge < -0.3 is 10.6 Å². The van der Waals surface area contributed by atoms with Crippen LogP contribution in [0.1, 0.15) is 28.4 Å². The van der Waals surface area contributed by atoms with Crippen LogP contribution in [0.25, 0.3) is 16.9 Å².